The minimum absolute atomic E-state index is 0.0846. The number of hydrogen-bond donors (Lipinski definition) is 1. The van der Waals surface area contributed by atoms with E-state index in [1.165, 1.54) is 28.9 Å². The molecule has 2 aromatic rings. The topological polar surface area (TPSA) is 95.5 Å². The van der Waals surface area contributed by atoms with Gasteiger partial charge in [0.05, 0.1) is 11.3 Å². The average molecular weight is 418 g/mol. The highest BCUT2D eigenvalue weighted by Gasteiger charge is 2.32. The summed E-state index contributed by atoms with van der Waals surface area (Å²) in [7, 11) is -0.399. The van der Waals surface area contributed by atoms with Gasteiger partial charge in [0, 0.05) is 45.8 Å². The molecule has 8 nitrogen and oxygen atoms in total. The Labute approximate surface area is 172 Å². The lowest BCUT2D eigenvalue weighted by molar-refractivity contribution is 0.0949. The van der Waals surface area contributed by atoms with E-state index in [2.05, 4.69) is 15.3 Å². The number of aryl methyl sites for hydroxylation is 1. The van der Waals surface area contributed by atoms with Crippen LogP contribution in [0.15, 0.2) is 36.5 Å². The van der Waals surface area contributed by atoms with Crippen molar-refractivity contribution in [3.8, 4) is 0 Å². The SMILES string of the molecule is Cc1nc([C@H]2CCCN(S(=O)(=O)N(C)C)C2)ncc1C(=O)NCc1ccccc1. The first-order chi connectivity index (χ1) is 13.8. The molecule has 0 bridgehead atoms. The molecule has 156 valence electrons. The molecule has 1 saturated heterocycles. The number of carbonyl (C=O) groups excluding carboxylic acids is 1. The number of piperidine rings is 1. The molecule has 1 aromatic heterocycles. The fourth-order valence-electron chi connectivity index (χ4n) is 3.37. The lowest BCUT2D eigenvalue weighted by Gasteiger charge is -2.32. The maximum absolute atomic E-state index is 12.5. The zero-order valence-corrected chi connectivity index (χ0v) is 17.8. The maximum Gasteiger partial charge on any atom is 0.281 e. The summed E-state index contributed by atoms with van der Waals surface area (Å²) in [5.41, 5.74) is 2.03. The number of carbonyl (C=O) groups is 1. The summed E-state index contributed by atoms with van der Waals surface area (Å²) in [6.07, 6.45) is 3.11. The molecule has 0 saturated carbocycles. The number of amides is 1. The normalized spacial score (nSPS) is 18.0. The van der Waals surface area contributed by atoms with Gasteiger partial charge in [-0.05, 0) is 25.3 Å². The summed E-state index contributed by atoms with van der Waals surface area (Å²) in [4.78, 5) is 21.4. The Morgan fingerprint density at radius 3 is 2.66 bits per heavy atom. The first kappa shape index (κ1) is 21.4. The Balaban J connectivity index is 1.69. The van der Waals surface area contributed by atoms with Crippen LogP contribution in [0.3, 0.4) is 0 Å². The number of nitrogens with zero attached hydrogens (tertiary/aromatic N) is 4. The van der Waals surface area contributed by atoms with Gasteiger partial charge >= 0.3 is 0 Å². The summed E-state index contributed by atoms with van der Waals surface area (Å²) in [6, 6.07) is 9.67. The molecule has 2 heterocycles. The molecular formula is C20H27N5O3S. The van der Waals surface area contributed by atoms with Crippen LogP contribution in [0.1, 0.15) is 46.2 Å². The number of rotatable bonds is 6. The minimum atomic E-state index is -3.46. The van der Waals surface area contributed by atoms with Crippen LogP contribution in [-0.4, -0.2) is 60.1 Å². The second kappa shape index (κ2) is 8.98. The fraction of sp³-hybridized carbons (Fsp3) is 0.450. The van der Waals surface area contributed by atoms with Crippen molar-refractivity contribution in [1.29, 1.82) is 0 Å². The predicted octanol–water partition coefficient (Wildman–Crippen LogP) is 1.70. The quantitative estimate of drug-likeness (QED) is 0.772. The summed E-state index contributed by atoms with van der Waals surface area (Å²) < 4.78 is 27.5. The molecule has 1 aliphatic heterocycles. The van der Waals surface area contributed by atoms with Crippen LogP contribution in [0.25, 0.3) is 0 Å². The van der Waals surface area contributed by atoms with Crippen molar-refractivity contribution in [3.05, 3.63) is 59.2 Å². The van der Waals surface area contributed by atoms with E-state index in [0.717, 1.165) is 18.4 Å². The van der Waals surface area contributed by atoms with Gasteiger partial charge < -0.3 is 5.32 Å². The summed E-state index contributed by atoms with van der Waals surface area (Å²) >= 11 is 0. The van der Waals surface area contributed by atoms with E-state index >= 15 is 0 Å². The van der Waals surface area contributed by atoms with Gasteiger partial charge in [-0.1, -0.05) is 30.3 Å². The molecule has 3 rings (SSSR count). The van der Waals surface area contributed by atoms with Crippen LogP contribution >= 0.6 is 0 Å². The van der Waals surface area contributed by atoms with Gasteiger partial charge in [0.1, 0.15) is 5.82 Å². The first-order valence-corrected chi connectivity index (χ1v) is 11.0. The van der Waals surface area contributed by atoms with E-state index in [-0.39, 0.29) is 11.8 Å². The molecule has 1 fully saturated rings. The van der Waals surface area contributed by atoms with Crippen molar-refractivity contribution < 1.29 is 13.2 Å². The third-order valence-corrected chi connectivity index (χ3v) is 6.98. The number of benzene rings is 1. The molecular weight excluding hydrogens is 390 g/mol. The van der Waals surface area contributed by atoms with Gasteiger partial charge in [-0.25, -0.2) is 9.97 Å². The Morgan fingerprint density at radius 2 is 2.00 bits per heavy atom. The Kier molecular flexibility index (Phi) is 6.61. The predicted molar refractivity (Wildman–Crippen MR) is 111 cm³/mol. The van der Waals surface area contributed by atoms with E-state index in [4.69, 9.17) is 0 Å². The molecule has 1 amide bonds. The van der Waals surface area contributed by atoms with Crippen LogP contribution in [0, 0.1) is 6.92 Å². The van der Waals surface area contributed by atoms with E-state index in [1.807, 2.05) is 30.3 Å². The molecule has 1 aromatic carbocycles. The second-order valence-electron chi connectivity index (χ2n) is 7.38. The largest absolute Gasteiger partial charge is 0.348 e. The third-order valence-electron chi connectivity index (χ3n) is 5.08. The van der Waals surface area contributed by atoms with Crippen molar-refractivity contribution in [3.63, 3.8) is 0 Å². The molecule has 0 radical (unpaired) electrons. The Hall–Kier alpha value is -2.36. The van der Waals surface area contributed by atoms with Gasteiger partial charge in [0.25, 0.3) is 16.1 Å². The van der Waals surface area contributed by atoms with Gasteiger partial charge in [0.15, 0.2) is 0 Å². The van der Waals surface area contributed by atoms with Gasteiger partial charge in [-0.2, -0.15) is 17.0 Å². The van der Waals surface area contributed by atoms with E-state index in [9.17, 15) is 13.2 Å². The zero-order chi connectivity index (χ0) is 21.0. The van der Waals surface area contributed by atoms with Crippen LogP contribution in [0.4, 0.5) is 0 Å². The standard InChI is InChI=1S/C20H27N5O3S/c1-15-18(20(26)22-12-16-8-5-4-6-9-16)13-21-19(23-15)17-10-7-11-25(14-17)29(27,28)24(2)3/h4-6,8-9,13,17H,7,10-12,14H2,1-3H3,(H,22,26)/t17-/m0/s1. The first-order valence-electron chi connectivity index (χ1n) is 9.62. The van der Waals surface area contributed by atoms with Gasteiger partial charge in [-0.15, -0.1) is 0 Å². The summed E-state index contributed by atoms with van der Waals surface area (Å²) in [5, 5.41) is 2.88. The molecule has 29 heavy (non-hydrogen) atoms. The highest BCUT2D eigenvalue weighted by Crippen LogP contribution is 2.27. The number of aromatic nitrogens is 2. The summed E-state index contributed by atoms with van der Waals surface area (Å²) in [6.45, 7) is 3.05. The highest BCUT2D eigenvalue weighted by molar-refractivity contribution is 7.86. The van der Waals surface area contributed by atoms with Crippen LogP contribution in [-0.2, 0) is 16.8 Å². The van der Waals surface area contributed by atoms with Crippen LogP contribution < -0.4 is 5.32 Å². The Bertz CT molecular complexity index is 963. The lowest BCUT2D eigenvalue weighted by Crippen LogP contribution is -2.45. The van der Waals surface area contributed by atoms with E-state index in [1.54, 1.807) is 6.92 Å². The molecule has 0 spiro atoms. The summed E-state index contributed by atoms with van der Waals surface area (Å²) in [5.74, 6) is 0.276. The van der Waals surface area contributed by atoms with Gasteiger partial charge in [0.2, 0.25) is 0 Å². The monoisotopic (exact) mass is 417 g/mol. The Morgan fingerprint density at radius 1 is 1.28 bits per heavy atom. The van der Waals surface area contributed by atoms with E-state index in [0.29, 0.717) is 36.7 Å². The highest BCUT2D eigenvalue weighted by atomic mass is 32.2. The number of hydrogen-bond acceptors (Lipinski definition) is 5. The van der Waals surface area contributed by atoms with E-state index < -0.39 is 10.2 Å². The third kappa shape index (κ3) is 4.98. The van der Waals surface area contributed by atoms with Crippen molar-refractivity contribution in [2.45, 2.75) is 32.2 Å². The molecule has 0 aliphatic carbocycles. The minimum Gasteiger partial charge on any atom is -0.348 e. The fourth-order valence-corrected chi connectivity index (χ4v) is 4.56. The van der Waals surface area contributed by atoms with Crippen LogP contribution in [0.5, 0.6) is 0 Å². The van der Waals surface area contributed by atoms with Crippen LogP contribution in [0.2, 0.25) is 0 Å². The van der Waals surface area contributed by atoms with Crippen molar-refractivity contribution in [1.82, 2.24) is 23.9 Å². The lowest BCUT2D eigenvalue weighted by atomic mass is 9.98. The maximum atomic E-state index is 12.5. The second-order valence-corrected chi connectivity index (χ2v) is 9.53. The van der Waals surface area contributed by atoms with Gasteiger partial charge in [-0.3, -0.25) is 4.79 Å². The zero-order valence-electron chi connectivity index (χ0n) is 17.0. The molecule has 1 atom stereocenters. The number of nitrogens with one attached hydrogen (secondary N) is 1. The molecule has 0 unspecified atom stereocenters. The smallest absolute Gasteiger partial charge is 0.281 e. The van der Waals surface area contributed by atoms with Crippen molar-refractivity contribution in [2.24, 2.45) is 0 Å². The van der Waals surface area contributed by atoms with Crippen molar-refractivity contribution >= 4 is 16.1 Å². The molecule has 9 heteroatoms. The molecule has 1 aliphatic rings. The van der Waals surface area contributed by atoms with Crippen molar-refractivity contribution in [2.75, 3.05) is 27.2 Å². The molecule has 1 N–H and O–H groups in total. The average Bonchev–Trinajstić information content (AvgIpc) is 2.72.